The molecular formula is C21H17ClN2O7. The minimum atomic E-state index is -1.11. The molecule has 0 radical (unpaired) electrons. The number of benzene rings is 2. The molecule has 1 heterocycles. The molecule has 1 fully saturated rings. The first-order valence-corrected chi connectivity index (χ1v) is 9.59. The Bertz CT molecular complexity index is 1100. The van der Waals surface area contributed by atoms with Crippen LogP contribution in [0, 0.1) is 10.1 Å². The molecule has 0 aliphatic carbocycles. The number of nitro groups is 1. The molecule has 1 aliphatic rings. The summed E-state index contributed by atoms with van der Waals surface area (Å²) in [5.41, 5.74) is 0.00543. The van der Waals surface area contributed by atoms with Crippen molar-refractivity contribution in [3.63, 3.8) is 0 Å². The van der Waals surface area contributed by atoms with E-state index in [1.807, 2.05) is 0 Å². The van der Waals surface area contributed by atoms with E-state index in [1.165, 1.54) is 48.5 Å². The predicted octanol–water partition coefficient (Wildman–Crippen LogP) is 3.53. The van der Waals surface area contributed by atoms with Gasteiger partial charge in [0, 0.05) is 35.7 Å². The number of aliphatic hydroxyl groups excluding tert-OH is 1. The van der Waals surface area contributed by atoms with E-state index in [2.05, 4.69) is 0 Å². The third-order valence-electron chi connectivity index (χ3n) is 4.84. The number of carbonyl (C=O) groups is 3. The third-order valence-corrected chi connectivity index (χ3v) is 5.10. The van der Waals surface area contributed by atoms with Gasteiger partial charge in [-0.3, -0.25) is 24.5 Å². The number of carbonyl (C=O) groups excluding carboxylic acids is 2. The predicted molar refractivity (Wildman–Crippen MR) is 110 cm³/mol. The Morgan fingerprint density at radius 2 is 1.81 bits per heavy atom. The molecule has 2 aromatic carbocycles. The quantitative estimate of drug-likeness (QED) is 0.219. The summed E-state index contributed by atoms with van der Waals surface area (Å²) in [4.78, 5) is 48.1. The number of ketones is 1. The first-order chi connectivity index (χ1) is 14.7. The van der Waals surface area contributed by atoms with Crippen LogP contribution in [-0.2, 0) is 14.4 Å². The lowest BCUT2D eigenvalue weighted by atomic mass is 9.95. The number of aliphatic carboxylic acids is 1. The summed E-state index contributed by atoms with van der Waals surface area (Å²) in [6.07, 6.45) is -0.170. The van der Waals surface area contributed by atoms with Crippen molar-refractivity contribution < 1.29 is 29.5 Å². The van der Waals surface area contributed by atoms with E-state index in [4.69, 9.17) is 16.7 Å². The summed E-state index contributed by atoms with van der Waals surface area (Å²) in [7, 11) is 0. The van der Waals surface area contributed by atoms with E-state index >= 15 is 0 Å². The molecule has 0 unspecified atom stereocenters. The number of non-ortho nitro benzene ring substituents is 1. The molecule has 0 spiro atoms. The zero-order chi connectivity index (χ0) is 22.7. The molecule has 1 aliphatic heterocycles. The SMILES string of the molecule is O=C(O)CCCN1C(=O)C(=O)C(=C(O)c2ccc(Cl)cc2)[C@@H]1c1cccc([N+](=O)[O-])c1. The van der Waals surface area contributed by atoms with Crippen LogP contribution in [0.15, 0.2) is 54.1 Å². The molecule has 0 aromatic heterocycles. The van der Waals surface area contributed by atoms with Crippen molar-refractivity contribution in [3.8, 4) is 0 Å². The lowest BCUT2D eigenvalue weighted by Crippen LogP contribution is -2.31. The maximum Gasteiger partial charge on any atom is 0.303 e. The average Bonchev–Trinajstić information content (AvgIpc) is 2.98. The van der Waals surface area contributed by atoms with Crippen LogP contribution in [0.2, 0.25) is 5.02 Å². The van der Waals surface area contributed by atoms with E-state index in [0.717, 1.165) is 4.90 Å². The number of rotatable bonds is 7. The fourth-order valence-corrected chi connectivity index (χ4v) is 3.56. The normalized spacial score (nSPS) is 17.7. The Morgan fingerprint density at radius 1 is 1.13 bits per heavy atom. The summed E-state index contributed by atoms with van der Waals surface area (Å²) in [5.74, 6) is -3.39. The number of nitro benzene ring substituents is 1. The van der Waals surface area contributed by atoms with Crippen LogP contribution < -0.4 is 0 Å². The Kier molecular flexibility index (Phi) is 6.36. The van der Waals surface area contributed by atoms with Crippen molar-refractivity contribution in [3.05, 3.63) is 80.4 Å². The number of carboxylic acids is 1. The molecule has 2 N–H and O–H groups in total. The number of carboxylic acid groups (broad SMARTS) is 1. The highest BCUT2D eigenvalue weighted by atomic mass is 35.5. The van der Waals surface area contributed by atoms with Gasteiger partial charge in [-0.2, -0.15) is 0 Å². The molecule has 2 aromatic rings. The first-order valence-electron chi connectivity index (χ1n) is 9.21. The highest BCUT2D eigenvalue weighted by molar-refractivity contribution is 6.46. The van der Waals surface area contributed by atoms with Gasteiger partial charge in [-0.1, -0.05) is 23.7 Å². The molecule has 1 saturated heterocycles. The maximum atomic E-state index is 12.8. The molecule has 0 bridgehead atoms. The second kappa shape index (κ2) is 8.97. The molecule has 160 valence electrons. The second-order valence-corrected chi connectivity index (χ2v) is 7.29. The lowest BCUT2D eigenvalue weighted by molar-refractivity contribution is -0.384. The average molecular weight is 445 g/mol. The first kappa shape index (κ1) is 22.0. The smallest absolute Gasteiger partial charge is 0.303 e. The number of halogens is 1. The number of nitrogens with zero attached hydrogens (tertiary/aromatic N) is 2. The highest BCUT2D eigenvalue weighted by Crippen LogP contribution is 2.40. The monoisotopic (exact) mass is 444 g/mol. The molecule has 31 heavy (non-hydrogen) atoms. The van der Waals surface area contributed by atoms with Crippen molar-refractivity contribution in [2.45, 2.75) is 18.9 Å². The molecule has 3 rings (SSSR count). The second-order valence-electron chi connectivity index (χ2n) is 6.85. The molecule has 1 atom stereocenters. The summed E-state index contributed by atoms with van der Waals surface area (Å²) < 4.78 is 0. The number of hydrogen-bond acceptors (Lipinski definition) is 6. The number of likely N-dealkylation sites (tertiary alicyclic amines) is 1. The number of Topliss-reactive ketones (excluding diaryl/α,β-unsaturated/α-hetero) is 1. The van der Waals surface area contributed by atoms with Crippen molar-refractivity contribution in [1.82, 2.24) is 4.90 Å². The zero-order valence-electron chi connectivity index (χ0n) is 16.0. The maximum absolute atomic E-state index is 12.8. The Labute approximate surface area is 181 Å². The van der Waals surface area contributed by atoms with Crippen LogP contribution in [-0.4, -0.2) is 44.2 Å². The van der Waals surface area contributed by atoms with Crippen LogP contribution in [0.3, 0.4) is 0 Å². The summed E-state index contributed by atoms with van der Waals surface area (Å²) in [5, 5.41) is 31.4. The molecule has 1 amide bonds. The summed E-state index contributed by atoms with van der Waals surface area (Å²) in [6, 6.07) is 10.2. The van der Waals surface area contributed by atoms with E-state index in [-0.39, 0.29) is 41.8 Å². The third kappa shape index (κ3) is 4.56. The van der Waals surface area contributed by atoms with Crippen molar-refractivity contribution >= 4 is 40.7 Å². The number of amides is 1. The molecule has 9 nitrogen and oxygen atoms in total. The van der Waals surface area contributed by atoms with Gasteiger partial charge in [0.15, 0.2) is 0 Å². The highest BCUT2D eigenvalue weighted by Gasteiger charge is 2.46. The van der Waals surface area contributed by atoms with Gasteiger partial charge in [-0.15, -0.1) is 0 Å². The van der Waals surface area contributed by atoms with Crippen LogP contribution in [0.4, 0.5) is 5.69 Å². The fourth-order valence-electron chi connectivity index (χ4n) is 3.43. The van der Waals surface area contributed by atoms with E-state index in [1.54, 1.807) is 0 Å². The van der Waals surface area contributed by atoms with Crippen LogP contribution in [0.5, 0.6) is 0 Å². The largest absolute Gasteiger partial charge is 0.507 e. The summed E-state index contributed by atoms with van der Waals surface area (Å²) in [6.45, 7) is -0.0817. The summed E-state index contributed by atoms with van der Waals surface area (Å²) >= 11 is 5.87. The van der Waals surface area contributed by atoms with Crippen LogP contribution in [0.25, 0.3) is 5.76 Å². The van der Waals surface area contributed by atoms with Crippen molar-refractivity contribution in [1.29, 1.82) is 0 Å². The fraction of sp³-hybridized carbons (Fsp3) is 0.190. The van der Waals surface area contributed by atoms with E-state index in [9.17, 15) is 29.6 Å². The Hall–Kier alpha value is -3.72. The van der Waals surface area contributed by atoms with Gasteiger partial charge in [0.05, 0.1) is 16.5 Å². The van der Waals surface area contributed by atoms with Gasteiger partial charge in [0.1, 0.15) is 5.76 Å². The topological polar surface area (TPSA) is 138 Å². The molecular weight excluding hydrogens is 428 g/mol. The number of hydrogen-bond donors (Lipinski definition) is 2. The van der Waals surface area contributed by atoms with E-state index < -0.39 is 34.4 Å². The van der Waals surface area contributed by atoms with Crippen LogP contribution in [0.1, 0.15) is 30.0 Å². The van der Waals surface area contributed by atoms with Crippen molar-refractivity contribution in [2.24, 2.45) is 0 Å². The van der Waals surface area contributed by atoms with Gasteiger partial charge in [0.25, 0.3) is 17.4 Å². The van der Waals surface area contributed by atoms with Gasteiger partial charge in [-0.25, -0.2) is 0 Å². The molecule has 10 heteroatoms. The standard InChI is InChI=1S/C21H17ClN2O7/c22-14-8-6-12(7-9-14)19(27)17-18(13-3-1-4-15(11-13)24(30)31)23(21(29)20(17)28)10-2-5-16(25)26/h1,3-4,6-9,11,18,27H,2,5,10H2,(H,25,26)/t18-/m0/s1. The zero-order valence-corrected chi connectivity index (χ0v) is 16.8. The number of aliphatic hydroxyl groups is 1. The minimum Gasteiger partial charge on any atom is -0.507 e. The van der Waals surface area contributed by atoms with E-state index in [0.29, 0.717) is 5.02 Å². The van der Waals surface area contributed by atoms with Crippen molar-refractivity contribution in [2.75, 3.05) is 6.54 Å². The van der Waals surface area contributed by atoms with Gasteiger partial charge in [-0.05, 0) is 36.2 Å². The minimum absolute atomic E-state index is 0.0643. The van der Waals surface area contributed by atoms with Gasteiger partial charge >= 0.3 is 5.97 Å². The van der Waals surface area contributed by atoms with Crippen LogP contribution >= 0.6 is 11.6 Å². The Balaban J connectivity index is 2.14. The van der Waals surface area contributed by atoms with Gasteiger partial charge in [0.2, 0.25) is 0 Å². The Morgan fingerprint density at radius 3 is 2.42 bits per heavy atom. The lowest BCUT2D eigenvalue weighted by Gasteiger charge is -2.25. The molecule has 0 saturated carbocycles. The van der Waals surface area contributed by atoms with Gasteiger partial charge < -0.3 is 15.1 Å².